The van der Waals surface area contributed by atoms with Gasteiger partial charge in [-0.05, 0) is 26.0 Å². The van der Waals surface area contributed by atoms with Crippen LogP contribution in [0.3, 0.4) is 0 Å². The van der Waals surface area contributed by atoms with E-state index in [-0.39, 0.29) is 5.91 Å². The van der Waals surface area contributed by atoms with Crippen molar-refractivity contribution in [2.75, 3.05) is 34.4 Å². The quantitative estimate of drug-likeness (QED) is 0.891. The van der Waals surface area contributed by atoms with Crippen LogP contribution in [0, 0.1) is 0 Å². The number of methoxy groups -OCH3 is 3. The monoisotopic (exact) mass is 306 g/mol. The van der Waals surface area contributed by atoms with Crippen molar-refractivity contribution in [1.82, 2.24) is 9.88 Å². The summed E-state index contributed by atoms with van der Waals surface area (Å²) in [5.41, 5.74) is 1.24. The third-order valence-electron chi connectivity index (χ3n) is 3.70. The van der Waals surface area contributed by atoms with Gasteiger partial charge in [0.15, 0.2) is 11.5 Å². The van der Waals surface area contributed by atoms with Gasteiger partial charge in [0.1, 0.15) is 5.69 Å². The fourth-order valence-corrected chi connectivity index (χ4v) is 2.54. The first kappa shape index (κ1) is 16.0. The van der Waals surface area contributed by atoms with Crippen LogP contribution in [0.4, 0.5) is 0 Å². The van der Waals surface area contributed by atoms with Crippen molar-refractivity contribution in [1.29, 1.82) is 0 Å². The Morgan fingerprint density at radius 2 is 1.68 bits per heavy atom. The van der Waals surface area contributed by atoms with Gasteiger partial charge in [-0.25, -0.2) is 0 Å². The maximum atomic E-state index is 12.5. The number of aromatic amines is 1. The van der Waals surface area contributed by atoms with E-state index < -0.39 is 0 Å². The summed E-state index contributed by atoms with van der Waals surface area (Å²) >= 11 is 0. The molecule has 0 spiro atoms. The molecule has 1 N–H and O–H groups in total. The number of aromatic nitrogens is 1. The van der Waals surface area contributed by atoms with Crippen LogP contribution in [0.1, 0.15) is 24.3 Å². The Morgan fingerprint density at radius 1 is 1.05 bits per heavy atom. The highest BCUT2D eigenvalue weighted by molar-refractivity contribution is 6.00. The fourth-order valence-electron chi connectivity index (χ4n) is 2.54. The van der Waals surface area contributed by atoms with Crippen molar-refractivity contribution in [2.45, 2.75) is 13.8 Å². The third kappa shape index (κ3) is 2.56. The normalized spacial score (nSPS) is 10.6. The molecule has 2 aromatic rings. The standard InChI is InChI=1S/C16H22N2O4/c1-6-18(7-2)16(19)11-8-10-9-12(20-3)14(21-4)15(22-5)13(10)17-11/h8-9,17H,6-7H2,1-5H3. The van der Waals surface area contributed by atoms with Gasteiger partial charge in [-0.3, -0.25) is 4.79 Å². The average Bonchev–Trinajstić information content (AvgIpc) is 2.97. The lowest BCUT2D eigenvalue weighted by Gasteiger charge is -2.17. The van der Waals surface area contributed by atoms with Crippen molar-refractivity contribution in [3.63, 3.8) is 0 Å². The van der Waals surface area contributed by atoms with Gasteiger partial charge in [0, 0.05) is 18.5 Å². The molecule has 2 rings (SSSR count). The Bertz CT molecular complexity index is 674. The first-order chi connectivity index (χ1) is 10.6. The first-order valence-corrected chi connectivity index (χ1v) is 7.22. The summed E-state index contributed by atoms with van der Waals surface area (Å²) in [6, 6.07) is 3.63. The molecular weight excluding hydrogens is 284 g/mol. The molecule has 1 amide bonds. The van der Waals surface area contributed by atoms with Gasteiger partial charge in [-0.1, -0.05) is 0 Å². The lowest BCUT2D eigenvalue weighted by Crippen LogP contribution is -2.30. The number of hydrogen-bond donors (Lipinski definition) is 1. The van der Waals surface area contributed by atoms with E-state index >= 15 is 0 Å². The second kappa shape index (κ2) is 6.60. The van der Waals surface area contributed by atoms with Crippen molar-refractivity contribution >= 4 is 16.8 Å². The van der Waals surface area contributed by atoms with Crippen molar-refractivity contribution in [2.24, 2.45) is 0 Å². The van der Waals surface area contributed by atoms with Crippen LogP contribution >= 0.6 is 0 Å². The summed E-state index contributed by atoms with van der Waals surface area (Å²) in [4.78, 5) is 17.4. The molecular formula is C16H22N2O4. The van der Waals surface area contributed by atoms with E-state index in [9.17, 15) is 4.79 Å². The smallest absolute Gasteiger partial charge is 0.270 e. The zero-order valence-corrected chi connectivity index (χ0v) is 13.6. The van der Waals surface area contributed by atoms with Crippen LogP contribution in [0.5, 0.6) is 17.2 Å². The molecule has 0 atom stereocenters. The molecule has 0 saturated heterocycles. The van der Waals surface area contributed by atoms with E-state index in [1.807, 2.05) is 19.9 Å². The molecule has 0 saturated carbocycles. The number of rotatable bonds is 6. The first-order valence-electron chi connectivity index (χ1n) is 7.22. The molecule has 0 unspecified atom stereocenters. The van der Waals surface area contributed by atoms with Gasteiger partial charge >= 0.3 is 0 Å². The van der Waals surface area contributed by atoms with E-state index in [0.717, 1.165) is 10.9 Å². The van der Waals surface area contributed by atoms with Gasteiger partial charge in [-0.15, -0.1) is 0 Å². The van der Waals surface area contributed by atoms with E-state index in [4.69, 9.17) is 14.2 Å². The molecule has 120 valence electrons. The number of ether oxygens (including phenoxy) is 3. The molecule has 1 aromatic heterocycles. The Hall–Kier alpha value is -2.37. The molecule has 1 aromatic carbocycles. The SMILES string of the molecule is CCN(CC)C(=O)c1cc2cc(OC)c(OC)c(OC)c2[nH]1. The van der Waals surface area contributed by atoms with Crippen LogP contribution in [0.2, 0.25) is 0 Å². The lowest BCUT2D eigenvalue weighted by atomic mass is 10.2. The second-order valence-electron chi connectivity index (χ2n) is 4.77. The van der Waals surface area contributed by atoms with Gasteiger partial charge < -0.3 is 24.1 Å². The van der Waals surface area contributed by atoms with Gasteiger partial charge in [-0.2, -0.15) is 0 Å². The minimum atomic E-state index is -0.0406. The predicted octanol–water partition coefficient (Wildman–Crippen LogP) is 2.68. The zero-order chi connectivity index (χ0) is 16.3. The molecule has 0 aliphatic heterocycles. The average molecular weight is 306 g/mol. The largest absolute Gasteiger partial charge is 0.493 e. The van der Waals surface area contributed by atoms with Crippen LogP contribution < -0.4 is 14.2 Å². The van der Waals surface area contributed by atoms with E-state index in [1.165, 1.54) is 0 Å². The topological polar surface area (TPSA) is 63.8 Å². The molecule has 0 bridgehead atoms. The third-order valence-corrected chi connectivity index (χ3v) is 3.70. The van der Waals surface area contributed by atoms with E-state index in [1.54, 1.807) is 32.3 Å². The number of hydrogen-bond acceptors (Lipinski definition) is 4. The number of amides is 1. The second-order valence-corrected chi connectivity index (χ2v) is 4.77. The predicted molar refractivity (Wildman–Crippen MR) is 85.2 cm³/mol. The molecule has 6 heteroatoms. The molecule has 1 heterocycles. The highest BCUT2D eigenvalue weighted by Crippen LogP contribution is 2.43. The number of carbonyl (C=O) groups is 1. The van der Waals surface area contributed by atoms with Crippen LogP contribution in [-0.2, 0) is 0 Å². The number of nitrogens with one attached hydrogen (secondary N) is 1. The Labute approximate surface area is 130 Å². The van der Waals surface area contributed by atoms with Crippen molar-refractivity contribution in [3.05, 3.63) is 17.8 Å². The Kier molecular flexibility index (Phi) is 4.80. The minimum absolute atomic E-state index is 0.0406. The molecule has 0 aliphatic rings. The van der Waals surface area contributed by atoms with Gasteiger partial charge in [0.25, 0.3) is 5.91 Å². The molecule has 0 fully saturated rings. The fraction of sp³-hybridized carbons (Fsp3) is 0.438. The maximum Gasteiger partial charge on any atom is 0.270 e. The number of nitrogens with zero attached hydrogens (tertiary/aromatic N) is 1. The summed E-state index contributed by atoms with van der Waals surface area (Å²) < 4.78 is 16.1. The van der Waals surface area contributed by atoms with E-state index in [2.05, 4.69) is 4.98 Å². The molecule has 6 nitrogen and oxygen atoms in total. The van der Waals surface area contributed by atoms with Gasteiger partial charge in [0.05, 0.1) is 26.8 Å². The Balaban J connectivity index is 2.61. The summed E-state index contributed by atoms with van der Waals surface area (Å²) in [7, 11) is 4.68. The number of carbonyl (C=O) groups excluding carboxylic acids is 1. The lowest BCUT2D eigenvalue weighted by molar-refractivity contribution is 0.0768. The minimum Gasteiger partial charge on any atom is -0.493 e. The van der Waals surface area contributed by atoms with Crippen molar-refractivity contribution < 1.29 is 19.0 Å². The van der Waals surface area contributed by atoms with Crippen LogP contribution in [0.15, 0.2) is 12.1 Å². The summed E-state index contributed by atoms with van der Waals surface area (Å²) in [6.45, 7) is 5.23. The Morgan fingerprint density at radius 3 is 2.18 bits per heavy atom. The molecule has 0 radical (unpaired) electrons. The molecule has 0 aliphatic carbocycles. The van der Waals surface area contributed by atoms with Crippen molar-refractivity contribution in [3.8, 4) is 17.2 Å². The summed E-state index contributed by atoms with van der Waals surface area (Å²) in [5.74, 6) is 1.55. The van der Waals surface area contributed by atoms with Crippen LogP contribution in [-0.4, -0.2) is 50.2 Å². The van der Waals surface area contributed by atoms with Crippen LogP contribution in [0.25, 0.3) is 10.9 Å². The number of fused-ring (bicyclic) bond motifs is 1. The zero-order valence-electron chi connectivity index (χ0n) is 13.6. The summed E-state index contributed by atoms with van der Waals surface area (Å²) in [5, 5.41) is 0.838. The molecule has 22 heavy (non-hydrogen) atoms. The number of benzene rings is 1. The highest BCUT2D eigenvalue weighted by Gasteiger charge is 2.21. The van der Waals surface area contributed by atoms with Gasteiger partial charge in [0.2, 0.25) is 5.75 Å². The van der Waals surface area contributed by atoms with E-state index in [0.29, 0.717) is 36.0 Å². The number of H-pyrrole nitrogens is 1. The summed E-state index contributed by atoms with van der Waals surface area (Å²) in [6.07, 6.45) is 0. The highest BCUT2D eigenvalue weighted by atomic mass is 16.5. The maximum absolute atomic E-state index is 12.5.